The zero-order chi connectivity index (χ0) is 12.5. The number of benzene rings is 1. The summed E-state index contributed by atoms with van der Waals surface area (Å²) >= 11 is 3.68. The van der Waals surface area contributed by atoms with Gasteiger partial charge in [-0.1, -0.05) is 24.6 Å². The third-order valence-corrected chi connectivity index (χ3v) is 4.57. The van der Waals surface area contributed by atoms with E-state index in [2.05, 4.69) is 45.5 Å². The Bertz CT molecular complexity index is 563. The fraction of sp³-hybridized carbons (Fsp3) is 0.400. The Hall–Kier alpha value is -0.930. The van der Waals surface area contributed by atoms with Gasteiger partial charge in [0.1, 0.15) is 0 Å². The van der Waals surface area contributed by atoms with Gasteiger partial charge in [-0.3, -0.25) is 0 Å². The molecule has 1 aliphatic carbocycles. The number of hydrogen-bond donors (Lipinski definition) is 1. The number of aromatic nitrogens is 1. The SMILES string of the molecule is CNC(c1nc2ccccc2cc1Br)C1CCC1. The summed E-state index contributed by atoms with van der Waals surface area (Å²) < 4.78 is 1.12. The predicted octanol–water partition coefficient (Wildman–Crippen LogP) is 4.06. The molecule has 2 nitrogen and oxygen atoms in total. The molecule has 1 N–H and O–H groups in total. The monoisotopic (exact) mass is 304 g/mol. The molecule has 0 spiro atoms. The highest BCUT2D eigenvalue weighted by atomic mass is 79.9. The quantitative estimate of drug-likeness (QED) is 0.925. The van der Waals surface area contributed by atoms with E-state index in [9.17, 15) is 0 Å². The van der Waals surface area contributed by atoms with Crippen LogP contribution in [0.25, 0.3) is 10.9 Å². The van der Waals surface area contributed by atoms with E-state index >= 15 is 0 Å². The molecule has 2 aromatic rings. The van der Waals surface area contributed by atoms with Crippen LogP contribution >= 0.6 is 15.9 Å². The standard InChI is InChI=1S/C15H17BrN2/c1-17-14(10-6-4-7-10)15-12(16)9-11-5-2-3-8-13(11)18-15/h2-3,5,8-10,14,17H,4,6-7H2,1H3. The maximum absolute atomic E-state index is 4.84. The van der Waals surface area contributed by atoms with E-state index in [1.54, 1.807) is 0 Å². The van der Waals surface area contributed by atoms with Crippen LogP contribution in [0.3, 0.4) is 0 Å². The van der Waals surface area contributed by atoms with Gasteiger partial charge in [0.05, 0.1) is 17.3 Å². The minimum absolute atomic E-state index is 0.373. The Balaban J connectivity index is 2.06. The molecule has 0 radical (unpaired) electrons. The van der Waals surface area contributed by atoms with Gasteiger partial charge in [-0.15, -0.1) is 0 Å². The van der Waals surface area contributed by atoms with E-state index in [0.717, 1.165) is 21.6 Å². The first-order chi connectivity index (χ1) is 8.79. The number of nitrogens with one attached hydrogen (secondary N) is 1. The third-order valence-electron chi connectivity index (χ3n) is 3.93. The van der Waals surface area contributed by atoms with Crippen molar-refractivity contribution < 1.29 is 0 Å². The summed E-state index contributed by atoms with van der Waals surface area (Å²) in [7, 11) is 2.03. The van der Waals surface area contributed by atoms with Gasteiger partial charge in [0, 0.05) is 9.86 Å². The molecule has 1 saturated carbocycles. The van der Waals surface area contributed by atoms with E-state index in [1.807, 2.05) is 13.1 Å². The summed E-state index contributed by atoms with van der Waals surface area (Å²) in [6.07, 6.45) is 3.98. The van der Waals surface area contributed by atoms with Crippen LogP contribution in [0.1, 0.15) is 31.0 Å². The molecule has 0 saturated heterocycles. The Labute approximate surface area is 116 Å². The molecule has 3 rings (SSSR count). The van der Waals surface area contributed by atoms with Gasteiger partial charge >= 0.3 is 0 Å². The molecule has 1 atom stereocenters. The van der Waals surface area contributed by atoms with Crippen molar-refractivity contribution in [2.45, 2.75) is 25.3 Å². The largest absolute Gasteiger partial charge is 0.311 e. The highest BCUT2D eigenvalue weighted by molar-refractivity contribution is 9.10. The summed E-state index contributed by atoms with van der Waals surface area (Å²) in [5.74, 6) is 0.736. The van der Waals surface area contributed by atoms with Crippen molar-refractivity contribution in [2.24, 2.45) is 5.92 Å². The summed E-state index contributed by atoms with van der Waals surface area (Å²) in [5, 5.41) is 4.62. The number of nitrogens with zero attached hydrogens (tertiary/aromatic N) is 1. The van der Waals surface area contributed by atoms with Gasteiger partial charge in [0.2, 0.25) is 0 Å². The first kappa shape index (κ1) is 12.1. The molecular formula is C15H17BrN2. The van der Waals surface area contributed by atoms with E-state index in [0.29, 0.717) is 6.04 Å². The highest BCUT2D eigenvalue weighted by Crippen LogP contribution is 2.39. The zero-order valence-electron chi connectivity index (χ0n) is 10.5. The first-order valence-electron chi connectivity index (χ1n) is 6.52. The fourth-order valence-electron chi connectivity index (χ4n) is 2.69. The second-order valence-electron chi connectivity index (χ2n) is 5.01. The molecule has 0 amide bonds. The number of hydrogen-bond acceptors (Lipinski definition) is 2. The van der Waals surface area contributed by atoms with Crippen molar-refractivity contribution >= 4 is 26.8 Å². The summed E-state index contributed by atoms with van der Waals surface area (Å²) in [5.41, 5.74) is 2.23. The third kappa shape index (κ3) is 2.06. The van der Waals surface area contributed by atoms with Crippen LogP contribution in [0.2, 0.25) is 0 Å². The lowest BCUT2D eigenvalue weighted by Crippen LogP contribution is -2.30. The topological polar surface area (TPSA) is 24.9 Å². The van der Waals surface area contributed by atoms with Crippen molar-refractivity contribution in [2.75, 3.05) is 7.05 Å². The molecule has 3 heteroatoms. The number of para-hydroxylation sites is 1. The van der Waals surface area contributed by atoms with Gasteiger partial charge in [-0.2, -0.15) is 0 Å². The number of halogens is 1. The molecule has 1 aromatic carbocycles. The van der Waals surface area contributed by atoms with Crippen LogP contribution in [0.5, 0.6) is 0 Å². The van der Waals surface area contributed by atoms with Crippen LogP contribution in [0.15, 0.2) is 34.8 Å². The Morgan fingerprint density at radius 3 is 2.78 bits per heavy atom. The molecule has 1 aliphatic rings. The average molecular weight is 305 g/mol. The van der Waals surface area contributed by atoms with Crippen LogP contribution in [0.4, 0.5) is 0 Å². The molecule has 1 aromatic heterocycles. The summed E-state index contributed by atoms with van der Waals surface area (Å²) in [6, 6.07) is 10.8. The van der Waals surface area contributed by atoms with Gasteiger partial charge in [0.25, 0.3) is 0 Å². The lowest BCUT2D eigenvalue weighted by molar-refractivity contribution is 0.235. The van der Waals surface area contributed by atoms with E-state index in [-0.39, 0.29) is 0 Å². The normalized spacial score (nSPS) is 17.7. The van der Waals surface area contributed by atoms with Crippen LogP contribution in [0, 0.1) is 5.92 Å². The second kappa shape index (κ2) is 4.98. The van der Waals surface area contributed by atoms with E-state index < -0.39 is 0 Å². The lowest BCUT2D eigenvalue weighted by atomic mass is 9.78. The van der Waals surface area contributed by atoms with Crippen molar-refractivity contribution in [1.82, 2.24) is 10.3 Å². The van der Waals surface area contributed by atoms with Crippen molar-refractivity contribution in [3.8, 4) is 0 Å². The fourth-order valence-corrected chi connectivity index (χ4v) is 3.27. The minimum atomic E-state index is 0.373. The maximum Gasteiger partial charge on any atom is 0.0725 e. The summed E-state index contributed by atoms with van der Waals surface area (Å²) in [6.45, 7) is 0. The second-order valence-corrected chi connectivity index (χ2v) is 5.86. The Morgan fingerprint density at radius 1 is 1.33 bits per heavy atom. The molecule has 1 unspecified atom stereocenters. The number of rotatable bonds is 3. The molecule has 18 heavy (non-hydrogen) atoms. The molecule has 0 bridgehead atoms. The number of fused-ring (bicyclic) bond motifs is 1. The maximum atomic E-state index is 4.84. The number of pyridine rings is 1. The Morgan fingerprint density at radius 2 is 2.11 bits per heavy atom. The predicted molar refractivity (Wildman–Crippen MR) is 78.6 cm³/mol. The zero-order valence-corrected chi connectivity index (χ0v) is 12.1. The first-order valence-corrected chi connectivity index (χ1v) is 7.31. The van der Waals surface area contributed by atoms with Crippen molar-refractivity contribution in [1.29, 1.82) is 0 Å². The van der Waals surface area contributed by atoms with E-state index in [4.69, 9.17) is 4.98 Å². The molecule has 0 aliphatic heterocycles. The Kier molecular flexibility index (Phi) is 3.35. The molecule has 1 fully saturated rings. The van der Waals surface area contributed by atoms with Crippen LogP contribution in [-0.4, -0.2) is 12.0 Å². The van der Waals surface area contributed by atoms with Gasteiger partial charge in [-0.05, 0) is 53.9 Å². The van der Waals surface area contributed by atoms with Crippen LogP contribution < -0.4 is 5.32 Å². The van der Waals surface area contributed by atoms with Gasteiger partial charge in [0.15, 0.2) is 0 Å². The van der Waals surface area contributed by atoms with Crippen molar-refractivity contribution in [3.05, 3.63) is 40.5 Å². The average Bonchev–Trinajstić information content (AvgIpc) is 2.33. The molecule has 1 heterocycles. The van der Waals surface area contributed by atoms with E-state index in [1.165, 1.54) is 24.6 Å². The van der Waals surface area contributed by atoms with Gasteiger partial charge < -0.3 is 5.32 Å². The molecule has 94 valence electrons. The minimum Gasteiger partial charge on any atom is -0.311 e. The van der Waals surface area contributed by atoms with Crippen LogP contribution in [-0.2, 0) is 0 Å². The highest BCUT2D eigenvalue weighted by Gasteiger charge is 2.29. The van der Waals surface area contributed by atoms with Gasteiger partial charge in [-0.25, -0.2) is 4.98 Å². The van der Waals surface area contributed by atoms with Crippen molar-refractivity contribution in [3.63, 3.8) is 0 Å². The lowest BCUT2D eigenvalue weighted by Gasteiger charge is -2.33. The summed E-state index contributed by atoms with van der Waals surface area (Å²) in [4.78, 5) is 4.84. The molecular weight excluding hydrogens is 288 g/mol. The smallest absolute Gasteiger partial charge is 0.0725 e.